The summed E-state index contributed by atoms with van der Waals surface area (Å²) < 4.78 is 1.52. The van der Waals surface area contributed by atoms with Crippen LogP contribution in [0.25, 0.3) is 38.7 Å². The van der Waals surface area contributed by atoms with E-state index in [-0.39, 0.29) is 5.56 Å². The second-order valence-corrected chi connectivity index (χ2v) is 8.25. The summed E-state index contributed by atoms with van der Waals surface area (Å²) in [5, 5.41) is 11.0. The lowest BCUT2D eigenvalue weighted by molar-refractivity contribution is 0.932. The lowest BCUT2D eigenvalue weighted by Crippen LogP contribution is -2.22. The highest BCUT2D eigenvalue weighted by atomic mass is 35.5. The molecule has 3 heterocycles. The Morgan fingerprint density at radius 1 is 0.933 bits per heavy atom. The third-order valence-electron chi connectivity index (χ3n) is 4.63. The van der Waals surface area contributed by atoms with E-state index < -0.39 is 0 Å². The summed E-state index contributed by atoms with van der Waals surface area (Å²) in [6, 6.07) is 18.5. The van der Waals surface area contributed by atoms with Gasteiger partial charge in [-0.15, -0.1) is 10.2 Å². The smallest absolute Gasteiger partial charge is 0.267 e. The Morgan fingerprint density at radius 3 is 2.40 bits per heavy atom. The summed E-state index contributed by atoms with van der Waals surface area (Å²) in [4.78, 5) is 22.5. The molecule has 6 nitrogen and oxygen atoms in total. The van der Waals surface area contributed by atoms with Gasteiger partial charge in [0, 0.05) is 17.3 Å². The molecule has 30 heavy (non-hydrogen) atoms. The number of fused-ring (bicyclic) bond motifs is 1. The molecular formula is C22H14ClN5OS. The maximum Gasteiger partial charge on any atom is 0.267 e. The predicted molar refractivity (Wildman–Crippen MR) is 119 cm³/mol. The normalized spacial score (nSPS) is 11.1. The number of aryl methyl sites for hydroxylation is 1. The average Bonchev–Trinajstić information content (AvgIpc) is 3.21. The molecule has 0 aliphatic heterocycles. The summed E-state index contributed by atoms with van der Waals surface area (Å²) in [5.74, 6) is 0.968. The van der Waals surface area contributed by atoms with Crippen molar-refractivity contribution in [3.05, 3.63) is 87.2 Å². The van der Waals surface area contributed by atoms with Gasteiger partial charge in [-0.25, -0.2) is 14.5 Å². The molecule has 146 valence electrons. The third kappa shape index (κ3) is 3.28. The first-order valence-corrected chi connectivity index (χ1v) is 10.3. The Kier molecular flexibility index (Phi) is 4.61. The minimum atomic E-state index is -0.186. The number of pyridine rings is 1. The fourth-order valence-electron chi connectivity index (χ4n) is 3.21. The Labute approximate surface area is 180 Å². The van der Waals surface area contributed by atoms with E-state index in [1.54, 1.807) is 18.2 Å². The van der Waals surface area contributed by atoms with E-state index in [1.165, 1.54) is 22.1 Å². The zero-order chi connectivity index (χ0) is 20.7. The first-order chi connectivity index (χ1) is 14.6. The molecule has 0 atom stereocenters. The molecule has 3 aromatic heterocycles. The number of hydrogen-bond donors (Lipinski definition) is 0. The number of halogens is 1. The van der Waals surface area contributed by atoms with Gasteiger partial charge in [0.2, 0.25) is 0 Å². The van der Waals surface area contributed by atoms with E-state index in [4.69, 9.17) is 16.6 Å². The number of aromatic nitrogens is 5. The predicted octanol–water partition coefficient (Wildman–Crippen LogP) is 4.93. The van der Waals surface area contributed by atoms with Crippen LogP contribution in [0.2, 0.25) is 5.02 Å². The van der Waals surface area contributed by atoms with Crippen LogP contribution in [0.3, 0.4) is 0 Å². The summed E-state index contributed by atoms with van der Waals surface area (Å²) in [6.45, 7) is 1.92. The van der Waals surface area contributed by atoms with Crippen LogP contribution in [0.5, 0.6) is 0 Å². The molecule has 0 amide bonds. The number of para-hydroxylation sites is 1. The van der Waals surface area contributed by atoms with Gasteiger partial charge in [-0.1, -0.05) is 59.3 Å². The quantitative estimate of drug-likeness (QED) is 0.405. The fourth-order valence-corrected chi connectivity index (χ4v) is 4.02. The molecule has 0 aliphatic rings. The van der Waals surface area contributed by atoms with E-state index in [9.17, 15) is 4.79 Å². The van der Waals surface area contributed by atoms with E-state index >= 15 is 0 Å². The summed E-state index contributed by atoms with van der Waals surface area (Å²) in [7, 11) is 0. The van der Waals surface area contributed by atoms with Crippen LogP contribution in [0.4, 0.5) is 0 Å². The Hall–Kier alpha value is -3.42. The van der Waals surface area contributed by atoms with Gasteiger partial charge < -0.3 is 0 Å². The lowest BCUT2D eigenvalue weighted by atomic mass is 10.1. The molecule has 0 radical (unpaired) electrons. The van der Waals surface area contributed by atoms with Gasteiger partial charge in [-0.2, -0.15) is 0 Å². The molecule has 0 unspecified atom stereocenters. The fraction of sp³-hybridized carbons (Fsp3) is 0.0455. The zero-order valence-corrected chi connectivity index (χ0v) is 17.4. The molecule has 0 saturated carbocycles. The maximum absolute atomic E-state index is 13.3. The molecule has 0 aliphatic carbocycles. The van der Waals surface area contributed by atoms with Crippen LogP contribution >= 0.6 is 22.9 Å². The summed E-state index contributed by atoms with van der Waals surface area (Å²) >= 11 is 7.53. The molecule has 8 heteroatoms. The average molecular weight is 432 g/mol. The summed E-state index contributed by atoms with van der Waals surface area (Å²) in [6.07, 6.45) is 1.52. The molecule has 5 rings (SSSR count). The van der Waals surface area contributed by atoms with Gasteiger partial charge in [0.1, 0.15) is 21.7 Å². The molecular weight excluding hydrogens is 418 g/mol. The van der Waals surface area contributed by atoms with Crippen LogP contribution in [0.1, 0.15) is 5.01 Å². The van der Waals surface area contributed by atoms with Crippen LogP contribution in [0.15, 0.2) is 71.7 Å². The standard InChI is InChI=1S/C22H14ClN5OS/c1-13-26-27-21(30-13)15-8-6-14(7-9-15)20-25-18-5-3-2-4-17(18)22(29)28(20)19-11-10-16(23)12-24-19/h2-12H,1H3. The molecule has 0 fully saturated rings. The van der Waals surface area contributed by atoms with Crippen LogP contribution in [0, 0.1) is 6.92 Å². The molecule has 0 N–H and O–H groups in total. The van der Waals surface area contributed by atoms with Crippen molar-refractivity contribution in [2.75, 3.05) is 0 Å². The highest BCUT2D eigenvalue weighted by molar-refractivity contribution is 7.14. The highest BCUT2D eigenvalue weighted by Gasteiger charge is 2.16. The third-order valence-corrected chi connectivity index (χ3v) is 5.74. The van der Waals surface area contributed by atoms with Gasteiger partial charge in [0.15, 0.2) is 0 Å². The SMILES string of the molecule is Cc1nnc(-c2ccc(-c3nc4ccccc4c(=O)n3-c3ccc(Cl)cn3)cc2)s1. The second-order valence-electron chi connectivity index (χ2n) is 6.63. The number of nitrogens with zero attached hydrogens (tertiary/aromatic N) is 5. The topological polar surface area (TPSA) is 73.6 Å². The number of rotatable bonds is 3. The zero-order valence-electron chi connectivity index (χ0n) is 15.8. The van der Waals surface area contributed by atoms with Crippen LogP contribution < -0.4 is 5.56 Å². The first-order valence-electron chi connectivity index (χ1n) is 9.15. The van der Waals surface area contributed by atoms with E-state index in [0.29, 0.717) is 27.6 Å². The first kappa shape index (κ1) is 18.6. The van der Waals surface area contributed by atoms with Gasteiger partial charge in [-0.3, -0.25) is 4.79 Å². The monoisotopic (exact) mass is 431 g/mol. The van der Waals surface area contributed by atoms with Crippen molar-refractivity contribution in [3.63, 3.8) is 0 Å². The van der Waals surface area contributed by atoms with Crippen molar-refractivity contribution < 1.29 is 0 Å². The Morgan fingerprint density at radius 2 is 1.70 bits per heavy atom. The summed E-state index contributed by atoms with van der Waals surface area (Å²) in [5.41, 5.74) is 2.20. The van der Waals surface area contributed by atoms with Crippen LogP contribution in [-0.4, -0.2) is 24.7 Å². The van der Waals surface area contributed by atoms with Crippen molar-refractivity contribution >= 4 is 33.8 Å². The van der Waals surface area contributed by atoms with Gasteiger partial charge >= 0.3 is 0 Å². The van der Waals surface area contributed by atoms with Crippen molar-refractivity contribution in [1.82, 2.24) is 24.7 Å². The minimum absolute atomic E-state index is 0.186. The van der Waals surface area contributed by atoms with Crippen LogP contribution in [-0.2, 0) is 0 Å². The van der Waals surface area contributed by atoms with Crippen molar-refractivity contribution in [1.29, 1.82) is 0 Å². The number of hydrogen-bond acceptors (Lipinski definition) is 6. The largest absolute Gasteiger partial charge is 0.268 e. The van der Waals surface area contributed by atoms with Gasteiger partial charge in [-0.05, 0) is 31.2 Å². The second kappa shape index (κ2) is 7.44. The van der Waals surface area contributed by atoms with Crippen molar-refractivity contribution in [2.45, 2.75) is 6.92 Å². The molecule has 0 saturated heterocycles. The van der Waals surface area contributed by atoms with Gasteiger partial charge in [0.05, 0.1) is 15.9 Å². The highest BCUT2D eigenvalue weighted by Crippen LogP contribution is 2.27. The molecule has 0 spiro atoms. The van der Waals surface area contributed by atoms with Crippen molar-refractivity contribution in [2.24, 2.45) is 0 Å². The Bertz CT molecular complexity index is 1430. The molecule has 2 aromatic carbocycles. The molecule has 5 aromatic rings. The minimum Gasteiger partial charge on any atom is -0.268 e. The van der Waals surface area contributed by atoms with E-state index in [2.05, 4.69) is 15.2 Å². The lowest BCUT2D eigenvalue weighted by Gasteiger charge is -2.13. The number of benzene rings is 2. The van der Waals surface area contributed by atoms with E-state index in [1.807, 2.05) is 49.4 Å². The Balaban J connectivity index is 1.72. The van der Waals surface area contributed by atoms with Gasteiger partial charge in [0.25, 0.3) is 5.56 Å². The maximum atomic E-state index is 13.3. The van der Waals surface area contributed by atoms with E-state index in [0.717, 1.165) is 21.1 Å². The van der Waals surface area contributed by atoms with Crippen molar-refractivity contribution in [3.8, 4) is 27.8 Å². The molecule has 0 bridgehead atoms.